The number of carbonyl (C=O) groups is 1. The lowest BCUT2D eigenvalue weighted by Crippen LogP contribution is -2.30. The van der Waals surface area contributed by atoms with Crippen molar-refractivity contribution in [3.05, 3.63) is 29.3 Å². The fourth-order valence-electron chi connectivity index (χ4n) is 1.52. The summed E-state index contributed by atoms with van der Waals surface area (Å²) in [5.74, 6) is 1.01. The van der Waals surface area contributed by atoms with Crippen LogP contribution in [0.4, 0.5) is 0 Å². The van der Waals surface area contributed by atoms with Gasteiger partial charge in [0.1, 0.15) is 5.75 Å². The third kappa shape index (κ3) is 5.43. The summed E-state index contributed by atoms with van der Waals surface area (Å²) < 4.78 is 5.44. The Morgan fingerprint density at radius 1 is 1.47 bits per heavy atom. The van der Waals surface area contributed by atoms with Crippen LogP contribution in [0.5, 0.6) is 5.75 Å². The molecule has 1 amide bonds. The lowest BCUT2D eigenvalue weighted by molar-refractivity contribution is -0.123. The van der Waals surface area contributed by atoms with Crippen molar-refractivity contribution in [2.24, 2.45) is 5.92 Å². The Bertz CT molecular complexity index is 476. The summed E-state index contributed by atoms with van der Waals surface area (Å²) in [5.41, 5.74) is 1.44. The average Bonchev–Trinajstić information content (AvgIpc) is 2.37. The van der Waals surface area contributed by atoms with Crippen LogP contribution in [0.2, 0.25) is 0 Å². The maximum Gasteiger partial charge on any atom is 0.257 e. The molecule has 0 spiro atoms. The maximum absolute atomic E-state index is 11.6. The van der Waals surface area contributed by atoms with Crippen LogP contribution in [0.3, 0.4) is 0 Å². The molecule has 4 heteroatoms. The third-order valence-corrected chi connectivity index (χ3v) is 2.72. The van der Waals surface area contributed by atoms with Gasteiger partial charge < -0.3 is 10.1 Å². The third-order valence-electron chi connectivity index (χ3n) is 2.72. The number of aryl methyl sites for hydroxylation is 1. The molecule has 1 N–H and O–H groups in total. The van der Waals surface area contributed by atoms with Gasteiger partial charge in [0, 0.05) is 6.54 Å². The van der Waals surface area contributed by atoms with E-state index in [2.05, 4.69) is 19.2 Å². The Morgan fingerprint density at radius 3 is 2.84 bits per heavy atom. The number of nitriles is 1. The Kier molecular flexibility index (Phi) is 5.87. The molecular weight excluding hydrogens is 240 g/mol. The Hall–Kier alpha value is -2.02. The highest BCUT2D eigenvalue weighted by molar-refractivity contribution is 5.77. The van der Waals surface area contributed by atoms with Crippen molar-refractivity contribution >= 4 is 5.91 Å². The van der Waals surface area contributed by atoms with Crippen molar-refractivity contribution in [3.8, 4) is 11.8 Å². The molecule has 0 heterocycles. The molecule has 1 aromatic carbocycles. The minimum Gasteiger partial charge on any atom is -0.483 e. The molecule has 0 aliphatic heterocycles. The Balaban J connectivity index is 2.44. The van der Waals surface area contributed by atoms with Crippen LogP contribution in [-0.2, 0) is 4.79 Å². The fourth-order valence-corrected chi connectivity index (χ4v) is 1.52. The molecule has 19 heavy (non-hydrogen) atoms. The zero-order chi connectivity index (χ0) is 14.3. The number of nitrogens with one attached hydrogen (secondary N) is 1. The second-order valence-electron chi connectivity index (χ2n) is 4.91. The predicted molar refractivity (Wildman–Crippen MR) is 73.9 cm³/mol. The Morgan fingerprint density at radius 2 is 2.21 bits per heavy atom. The van der Waals surface area contributed by atoms with Crippen LogP contribution >= 0.6 is 0 Å². The summed E-state index contributed by atoms with van der Waals surface area (Å²) in [6.07, 6.45) is 0.953. The molecule has 0 unspecified atom stereocenters. The van der Waals surface area contributed by atoms with E-state index in [0.717, 1.165) is 12.0 Å². The molecule has 0 fully saturated rings. The van der Waals surface area contributed by atoms with Crippen molar-refractivity contribution in [2.45, 2.75) is 27.2 Å². The largest absolute Gasteiger partial charge is 0.483 e. The minimum absolute atomic E-state index is 0.0200. The second-order valence-corrected chi connectivity index (χ2v) is 4.91. The lowest BCUT2D eigenvalue weighted by atomic mass is 10.1. The van der Waals surface area contributed by atoms with Crippen molar-refractivity contribution in [1.29, 1.82) is 5.26 Å². The molecule has 0 atom stereocenters. The molecule has 0 bridgehead atoms. The summed E-state index contributed by atoms with van der Waals surface area (Å²) >= 11 is 0. The van der Waals surface area contributed by atoms with Gasteiger partial charge in [0.25, 0.3) is 5.91 Å². The van der Waals surface area contributed by atoms with Crippen LogP contribution < -0.4 is 10.1 Å². The molecular formula is C15H20N2O2. The standard InChI is InChI=1S/C15H20N2O2/c1-11(2)6-7-17-15(18)10-19-14-8-13(9-16)5-4-12(14)3/h4-5,8,11H,6-7,10H2,1-3H3,(H,17,18). The van der Waals surface area contributed by atoms with E-state index in [1.165, 1.54) is 0 Å². The topological polar surface area (TPSA) is 62.1 Å². The van der Waals surface area contributed by atoms with Gasteiger partial charge in [-0.2, -0.15) is 5.26 Å². The van der Waals surface area contributed by atoms with E-state index >= 15 is 0 Å². The maximum atomic E-state index is 11.6. The van der Waals surface area contributed by atoms with Gasteiger partial charge in [-0.05, 0) is 37.0 Å². The highest BCUT2D eigenvalue weighted by atomic mass is 16.5. The molecule has 102 valence electrons. The quantitative estimate of drug-likeness (QED) is 0.854. The number of ether oxygens (including phenoxy) is 1. The van der Waals surface area contributed by atoms with Crippen molar-refractivity contribution < 1.29 is 9.53 Å². The monoisotopic (exact) mass is 260 g/mol. The van der Waals surface area contributed by atoms with Crippen LogP contribution in [0.25, 0.3) is 0 Å². The lowest BCUT2D eigenvalue weighted by Gasteiger charge is -2.10. The molecule has 0 radical (unpaired) electrons. The predicted octanol–water partition coefficient (Wildman–Crippen LogP) is 2.41. The van der Waals surface area contributed by atoms with Gasteiger partial charge in [-0.3, -0.25) is 4.79 Å². The molecule has 1 aromatic rings. The molecule has 0 saturated carbocycles. The van der Waals surface area contributed by atoms with Gasteiger partial charge in [-0.25, -0.2) is 0 Å². The zero-order valence-electron chi connectivity index (χ0n) is 11.7. The molecule has 0 aromatic heterocycles. The average molecular weight is 260 g/mol. The van der Waals surface area contributed by atoms with E-state index in [1.807, 2.05) is 19.1 Å². The van der Waals surface area contributed by atoms with E-state index in [4.69, 9.17) is 10.00 Å². The highest BCUT2D eigenvalue weighted by Crippen LogP contribution is 2.18. The van der Waals surface area contributed by atoms with Crippen molar-refractivity contribution in [1.82, 2.24) is 5.32 Å². The van der Waals surface area contributed by atoms with Gasteiger partial charge in [0.2, 0.25) is 0 Å². The summed E-state index contributed by atoms with van der Waals surface area (Å²) in [6.45, 7) is 6.75. The molecule has 0 saturated heterocycles. The van der Waals surface area contributed by atoms with Gasteiger partial charge in [0.05, 0.1) is 11.6 Å². The number of amides is 1. The van der Waals surface area contributed by atoms with E-state index in [-0.39, 0.29) is 12.5 Å². The number of hydrogen-bond acceptors (Lipinski definition) is 3. The van der Waals surface area contributed by atoms with Gasteiger partial charge >= 0.3 is 0 Å². The molecule has 1 rings (SSSR count). The minimum atomic E-state index is -0.137. The number of rotatable bonds is 6. The van der Waals surface area contributed by atoms with Crippen LogP contribution in [0.1, 0.15) is 31.4 Å². The molecule has 0 aliphatic carbocycles. The number of hydrogen-bond donors (Lipinski definition) is 1. The van der Waals surface area contributed by atoms with Gasteiger partial charge in [-0.15, -0.1) is 0 Å². The number of carbonyl (C=O) groups excluding carboxylic acids is 1. The SMILES string of the molecule is Cc1ccc(C#N)cc1OCC(=O)NCCC(C)C. The van der Waals surface area contributed by atoms with Crippen LogP contribution in [0.15, 0.2) is 18.2 Å². The summed E-state index contributed by atoms with van der Waals surface area (Å²) in [6, 6.07) is 7.24. The first-order valence-corrected chi connectivity index (χ1v) is 6.43. The Labute approximate surface area is 114 Å². The van der Waals surface area contributed by atoms with E-state index in [0.29, 0.717) is 23.8 Å². The first kappa shape index (κ1) is 15.0. The normalized spacial score (nSPS) is 10.1. The number of benzene rings is 1. The summed E-state index contributed by atoms with van der Waals surface area (Å²) in [7, 11) is 0. The van der Waals surface area contributed by atoms with E-state index in [1.54, 1.807) is 12.1 Å². The second kappa shape index (κ2) is 7.42. The zero-order valence-corrected chi connectivity index (χ0v) is 11.7. The van der Waals surface area contributed by atoms with E-state index in [9.17, 15) is 4.79 Å². The van der Waals surface area contributed by atoms with E-state index < -0.39 is 0 Å². The van der Waals surface area contributed by atoms with Crippen LogP contribution in [-0.4, -0.2) is 19.1 Å². The van der Waals surface area contributed by atoms with Crippen molar-refractivity contribution in [2.75, 3.05) is 13.2 Å². The van der Waals surface area contributed by atoms with Crippen molar-refractivity contribution in [3.63, 3.8) is 0 Å². The van der Waals surface area contributed by atoms with Gasteiger partial charge in [-0.1, -0.05) is 19.9 Å². The highest BCUT2D eigenvalue weighted by Gasteiger charge is 2.06. The van der Waals surface area contributed by atoms with Gasteiger partial charge in [0.15, 0.2) is 6.61 Å². The fraction of sp³-hybridized carbons (Fsp3) is 0.467. The van der Waals surface area contributed by atoms with Crippen LogP contribution in [0, 0.1) is 24.2 Å². The molecule has 0 aliphatic rings. The summed E-state index contributed by atoms with van der Waals surface area (Å²) in [5, 5.41) is 11.6. The first-order valence-electron chi connectivity index (χ1n) is 6.43. The molecule has 4 nitrogen and oxygen atoms in total. The summed E-state index contributed by atoms with van der Waals surface area (Å²) in [4.78, 5) is 11.6. The smallest absolute Gasteiger partial charge is 0.257 e. The first-order chi connectivity index (χ1) is 9.02. The number of nitrogens with zero attached hydrogens (tertiary/aromatic N) is 1.